The van der Waals surface area contributed by atoms with Crippen molar-refractivity contribution >= 4 is 40.0 Å². The van der Waals surface area contributed by atoms with Gasteiger partial charge in [-0.15, -0.1) is 24.0 Å². The Morgan fingerprint density at radius 3 is 1.83 bits per heavy atom. The molecule has 1 N–H and O–H groups in total. The number of rotatable bonds is 4. The molecule has 0 aromatic heterocycles. The summed E-state index contributed by atoms with van der Waals surface area (Å²) in [6, 6.07) is 0. The number of halogens is 1. The molecule has 0 bridgehead atoms. The summed E-state index contributed by atoms with van der Waals surface area (Å²) in [5, 5.41) is 0. The highest BCUT2D eigenvalue weighted by Crippen LogP contribution is 2.05. The second-order valence-electron chi connectivity index (χ2n) is 5.16. The van der Waals surface area contributed by atoms with Crippen molar-refractivity contribution in [3.63, 3.8) is 0 Å². The fraction of sp³-hybridized carbons (Fsp3) is 0.900. The lowest BCUT2D eigenvalue weighted by atomic mass is 10.1. The van der Waals surface area contributed by atoms with Crippen LogP contribution >= 0.6 is 24.0 Å². The normalized spacial score (nSPS) is 11.5. The third-order valence-corrected chi connectivity index (χ3v) is 2.80. The molecule has 8 heteroatoms. The van der Waals surface area contributed by atoms with Gasteiger partial charge in [0.2, 0.25) is 10.0 Å². The Bertz CT molecular complexity index is 367. The van der Waals surface area contributed by atoms with Crippen LogP contribution in [0.1, 0.15) is 13.8 Å². The Hall–Kier alpha value is -0.0900. The number of hydrogen-bond donors (Lipinski definition) is 1. The fourth-order valence-electron chi connectivity index (χ4n) is 1.49. The van der Waals surface area contributed by atoms with E-state index in [2.05, 4.69) is 9.71 Å². The van der Waals surface area contributed by atoms with Gasteiger partial charge in [-0.05, 0) is 13.8 Å². The summed E-state index contributed by atoms with van der Waals surface area (Å²) in [6.07, 6.45) is 1.15. The highest BCUT2D eigenvalue weighted by Gasteiger charge is 2.22. The zero-order valence-electron chi connectivity index (χ0n) is 12.2. The summed E-state index contributed by atoms with van der Waals surface area (Å²) in [6.45, 7) is 3.99. The molecule has 18 heavy (non-hydrogen) atoms. The molecule has 0 amide bonds. The quantitative estimate of drug-likeness (QED) is 0.428. The number of nitrogens with one attached hydrogen (secondary N) is 1. The number of hydrogen-bond acceptors (Lipinski definition) is 3. The highest BCUT2D eigenvalue weighted by atomic mass is 127. The second-order valence-corrected chi connectivity index (χ2v) is 6.91. The van der Waals surface area contributed by atoms with Crippen LogP contribution in [0.5, 0.6) is 0 Å². The molecule has 0 fully saturated rings. The summed E-state index contributed by atoms with van der Waals surface area (Å²) in [7, 11) is 4.38. The Labute approximate surface area is 128 Å². The topological polar surface area (TPSA) is 65.0 Å². The van der Waals surface area contributed by atoms with Crippen molar-refractivity contribution in [2.45, 2.75) is 19.4 Å². The van der Waals surface area contributed by atoms with Crippen molar-refractivity contribution in [3.05, 3.63) is 0 Å². The maximum absolute atomic E-state index is 11.2. The van der Waals surface area contributed by atoms with Gasteiger partial charge in [0.1, 0.15) is 0 Å². The second kappa shape index (κ2) is 7.49. The maximum atomic E-state index is 11.2. The molecule has 0 aliphatic carbocycles. The van der Waals surface area contributed by atoms with E-state index in [1.807, 2.05) is 38.0 Å². The Morgan fingerprint density at radius 1 is 1.17 bits per heavy atom. The number of guanidine groups is 1. The predicted octanol–water partition coefficient (Wildman–Crippen LogP) is 0.411. The standard InChI is InChI=1S/C10H24N4O2S.HI/c1-10(2,12-17(7,15)16)8-11-9(13(3)4)14(5)6;/h12H,8H2,1-7H3;1H. The van der Waals surface area contributed by atoms with Crippen molar-refractivity contribution in [1.82, 2.24) is 14.5 Å². The molecule has 0 rings (SSSR count). The van der Waals surface area contributed by atoms with Crippen molar-refractivity contribution in [2.75, 3.05) is 41.0 Å². The van der Waals surface area contributed by atoms with Gasteiger partial charge in [0, 0.05) is 33.7 Å². The minimum Gasteiger partial charge on any atom is -0.349 e. The summed E-state index contributed by atoms with van der Waals surface area (Å²) in [4.78, 5) is 8.19. The van der Waals surface area contributed by atoms with Crippen LogP contribution in [-0.2, 0) is 10.0 Å². The molecule has 0 unspecified atom stereocenters. The first-order chi connectivity index (χ1) is 7.44. The Balaban J connectivity index is 0. The van der Waals surface area contributed by atoms with Gasteiger partial charge in [0.15, 0.2) is 5.96 Å². The summed E-state index contributed by atoms with van der Waals surface area (Å²) in [5.41, 5.74) is -0.592. The zero-order valence-corrected chi connectivity index (χ0v) is 15.3. The molecule has 0 aliphatic rings. The third-order valence-electron chi connectivity index (χ3n) is 1.88. The van der Waals surface area contributed by atoms with Gasteiger partial charge in [-0.1, -0.05) is 0 Å². The van der Waals surface area contributed by atoms with Gasteiger partial charge in [-0.3, -0.25) is 4.99 Å². The van der Waals surface area contributed by atoms with Gasteiger partial charge in [0.25, 0.3) is 0 Å². The predicted molar refractivity (Wildman–Crippen MR) is 87.1 cm³/mol. The molecule has 110 valence electrons. The monoisotopic (exact) mass is 392 g/mol. The molecular weight excluding hydrogens is 367 g/mol. The van der Waals surface area contributed by atoms with Crippen LogP contribution in [0.4, 0.5) is 0 Å². The first-order valence-corrected chi connectivity index (χ1v) is 7.22. The molecule has 0 aliphatic heterocycles. The van der Waals surface area contributed by atoms with Gasteiger partial charge < -0.3 is 9.80 Å². The molecule has 0 aromatic rings. The molecular formula is C10H25IN4O2S. The van der Waals surface area contributed by atoms with E-state index < -0.39 is 15.6 Å². The fourth-order valence-corrected chi connectivity index (χ4v) is 2.55. The third kappa shape index (κ3) is 8.92. The Morgan fingerprint density at radius 2 is 1.56 bits per heavy atom. The molecule has 0 spiro atoms. The first kappa shape index (κ1) is 20.2. The summed E-state index contributed by atoms with van der Waals surface area (Å²) in [5.74, 6) is 0.799. The highest BCUT2D eigenvalue weighted by molar-refractivity contribution is 14.0. The molecule has 0 aromatic carbocycles. The van der Waals surface area contributed by atoms with Crippen LogP contribution in [0.2, 0.25) is 0 Å². The number of sulfonamides is 1. The summed E-state index contributed by atoms with van der Waals surface area (Å²) < 4.78 is 24.9. The molecule has 6 nitrogen and oxygen atoms in total. The Kier molecular flexibility index (Phi) is 8.42. The maximum Gasteiger partial charge on any atom is 0.209 e. The van der Waals surface area contributed by atoms with Gasteiger partial charge in [-0.25, -0.2) is 13.1 Å². The van der Waals surface area contributed by atoms with E-state index >= 15 is 0 Å². The smallest absolute Gasteiger partial charge is 0.209 e. The van der Waals surface area contributed by atoms with Crippen molar-refractivity contribution in [2.24, 2.45) is 4.99 Å². The van der Waals surface area contributed by atoms with Crippen molar-refractivity contribution < 1.29 is 8.42 Å². The lowest BCUT2D eigenvalue weighted by Crippen LogP contribution is -2.46. The number of aliphatic imine (C=N–C) groups is 1. The molecule has 0 radical (unpaired) electrons. The van der Waals surface area contributed by atoms with Crippen molar-refractivity contribution in [3.8, 4) is 0 Å². The van der Waals surface area contributed by atoms with E-state index in [1.165, 1.54) is 0 Å². The van der Waals surface area contributed by atoms with E-state index in [0.717, 1.165) is 12.2 Å². The van der Waals surface area contributed by atoms with Crippen LogP contribution in [0, 0.1) is 0 Å². The van der Waals surface area contributed by atoms with E-state index in [-0.39, 0.29) is 24.0 Å². The van der Waals surface area contributed by atoms with E-state index in [1.54, 1.807) is 13.8 Å². The molecule has 0 saturated heterocycles. The van der Waals surface area contributed by atoms with Crippen LogP contribution in [0.3, 0.4) is 0 Å². The molecule has 0 saturated carbocycles. The van der Waals surface area contributed by atoms with Gasteiger partial charge >= 0.3 is 0 Å². The van der Waals surface area contributed by atoms with Crippen molar-refractivity contribution in [1.29, 1.82) is 0 Å². The van der Waals surface area contributed by atoms with E-state index in [0.29, 0.717) is 6.54 Å². The number of nitrogens with zero attached hydrogens (tertiary/aromatic N) is 3. The average molecular weight is 392 g/mol. The molecule has 0 atom stereocenters. The van der Waals surface area contributed by atoms with E-state index in [9.17, 15) is 8.42 Å². The minimum absolute atomic E-state index is 0. The van der Waals surface area contributed by atoms with Crippen LogP contribution < -0.4 is 4.72 Å². The molecule has 0 heterocycles. The summed E-state index contributed by atoms with van der Waals surface area (Å²) >= 11 is 0. The van der Waals surface area contributed by atoms with Gasteiger partial charge in [-0.2, -0.15) is 0 Å². The average Bonchev–Trinajstić information content (AvgIpc) is 1.96. The first-order valence-electron chi connectivity index (χ1n) is 5.33. The zero-order chi connectivity index (χ0) is 13.9. The largest absolute Gasteiger partial charge is 0.349 e. The lowest BCUT2D eigenvalue weighted by molar-refractivity contribution is 0.442. The van der Waals surface area contributed by atoms with Crippen LogP contribution in [0.15, 0.2) is 4.99 Å². The SMILES string of the molecule is CN(C)C(=NCC(C)(C)NS(C)(=O)=O)N(C)C.I. The lowest BCUT2D eigenvalue weighted by Gasteiger charge is -2.27. The van der Waals surface area contributed by atoms with Crippen LogP contribution in [0.25, 0.3) is 0 Å². The minimum atomic E-state index is -3.22. The van der Waals surface area contributed by atoms with Crippen LogP contribution in [-0.4, -0.2) is 70.7 Å². The van der Waals surface area contributed by atoms with Gasteiger partial charge in [0.05, 0.1) is 12.8 Å². The van der Waals surface area contributed by atoms with E-state index in [4.69, 9.17) is 0 Å².